The van der Waals surface area contributed by atoms with E-state index >= 15 is 0 Å². The standard InChI is InChI=1S/C9H15N4O6P/c10-20(11,17)18-4-6-5(14)3-8(19-6)13-2-1-7(15)12-9(13)16/h1-2,5-6,8,14H,3-4H2,(H4,10,11,17)(H,12,15,16)/t5-,6+,8+/m0/s1. The van der Waals surface area contributed by atoms with E-state index < -0.39 is 37.4 Å². The lowest BCUT2D eigenvalue weighted by atomic mass is 10.2. The van der Waals surface area contributed by atoms with Crippen LogP contribution in [0.1, 0.15) is 12.6 Å². The molecule has 1 fully saturated rings. The normalized spacial score (nSPS) is 26.9. The third-order valence-electron chi connectivity index (χ3n) is 2.81. The van der Waals surface area contributed by atoms with Gasteiger partial charge < -0.3 is 14.4 Å². The molecule has 1 aliphatic heterocycles. The average Bonchev–Trinajstić information content (AvgIpc) is 2.67. The molecule has 1 aromatic heterocycles. The van der Waals surface area contributed by atoms with Crippen molar-refractivity contribution in [2.24, 2.45) is 11.0 Å². The summed E-state index contributed by atoms with van der Waals surface area (Å²) in [6.45, 7) is -0.264. The molecule has 3 atom stereocenters. The number of hydrogen-bond acceptors (Lipinski definition) is 6. The van der Waals surface area contributed by atoms with E-state index in [1.54, 1.807) is 0 Å². The third kappa shape index (κ3) is 3.63. The van der Waals surface area contributed by atoms with Crippen molar-refractivity contribution >= 4 is 7.67 Å². The van der Waals surface area contributed by atoms with E-state index in [1.807, 2.05) is 0 Å². The molecule has 1 aliphatic rings. The summed E-state index contributed by atoms with van der Waals surface area (Å²) >= 11 is 0. The molecule has 1 aromatic rings. The summed E-state index contributed by atoms with van der Waals surface area (Å²) in [5, 5.41) is 9.80. The van der Waals surface area contributed by atoms with Crippen LogP contribution in [0.15, 0.2) is 21.9 Å². The summed E-state index contributed by atoms with van der Waals surface area (Å²) < 4.78 is 22.3. The zero-order valence-electron chi connectivity index (χ0n) is 10.3. The quantitative estimate of drug-likeness (QED) is 0.475. The number of aromatic amines is 1. The van der Waals surface area contributed by atoms with Crippen molar-refractivity contribution in [2.75, 3.05) is 6.61 Å². The van der Waals surface area contributed by atoms with Crippen molar-refractivity contribution in [2.45, 2.75) is 24.9 Å². The Kier molecular flexibility index (Phi) is 4.23. The van der Waals surface area contributed by atoms with Gasteiger partial charge in [-0.1, -0.05) is 0 Å². The molecule has 0 unspecified atom stereocenters. The van der Waals surface area contributed by atoms with Gasteiger partial charge in [0.25, 0.3) is 5.56 Å². The third-order valence-corrected chi connectivity index (χ3v) is 3.36. The molecule has 0 radical (unpaired) electrons. The Bertz CT molecular complexity index is 636. The van der Waals surface area contributed by atoms with Gasteiger partial charge in [-0.25, -0.2) is 15.8 Å². The molecule has 2 heterocycles. The number of aliphatic hydroxyl groups is 1. The SMILES string of the molecule is NP(N)(=O)OC[C@H]1O[C@@H](n2ccc(=O)[nH]c2=O)C[C@@H]1O. The fourth-order valence-electron chi connectivity index (χ4n) is 1.88. The molecule has 0 amide bonds. The average molecular weight is 306 g/mol. The molecule has 0 bridgehead atoms. The van der Waals surface area contributed by atoms with Gasteiger partial charge in [-0.3, -0.25) is 18.9 Å². The number of hydrogen-bond donors (Lipinski definition) is 4. The van der Waals surface area contributed by atoms with E-state index in [0.717, 1.165) is 10.6 Å². The molecule has 112 valence electrons. The minimum atomic E-state index is -3.66. The van der Waals surface area contributed by atoms with Crippen molar-refractivity contribution in [3.63, 3.8) is 0 Å². The molecule has 1 saturated heterocycles. The van der Waals surface area contributed by atoms with Crippen molar-refractivity contribution in [3.05, 3.63) is 33.1 Å². The molecule has 11 heteroatoms. The zero-order chi connectivity index (χ0) is 14.9. The molecule has 0 aliphatic carbocycles. The summed E-state index contributed by atoms with van der Waals surface area (Å²) in [5.74, 6) is 0. The minimum absolute atomic E-state index is 0.111. The maximum absolute atomic E-state index is 11.6. The second kappa shape index (κ2) is 5.60. The number of aliphatic hydroxyl groups excluding tert-OH is 1. The van der Waals surface area contributed by atoms with E-state index in [4.69, 9.17) is 20.3 Å². The predicted octanol–water partition coefficient (Wildman–Crippen LogP) is -1.77. The van der Waals surface area contributed by atoms with Gasteiger partial charge in [-0.15, -0.1) is 0 Å². The molecule has 10 nitrogen and oxygen atoms in total. The van der Waals surface area contributed by atoms with Crippen LogP contribution in [0.4, 0.5) is 0 Å². The number of H-pyrrole nitrogens is 1. The molecule has 0 aromatic carbocycles. The first-order valence-electron chi connectivity index (χ1n) is 5.73. The summed E-state index contributed by atoms with van der Waals surface area (Å²) in [6.07, 6.45) is -1.15. The van der Waals surface area contributed by atoms with Crippen LogP contribution < -0.4 is 22.3 Å². The lowest BCUT2D eigenvalue weighted by molar-refractivity contribution is -0.0406. The number of nitrogens with one attached hydrogen (secondary N) is 1. The largest absolute Gasteiger partial charge is 0.390 e. The topological polar surface area (TPSA) is 163 Å². The number of rotatable bonds is 4. The lowest BCUT2D eigenvalue weighted by Gasteiger charge is -2.17. The predicted molar refractivity (Wildman–Crippen MR) is 67.8 cm³/mol. The number of ether oxygens (including phenoxy) is 1. The Morgan fingerprint density at radius 1 is 1.55 bits per heavy atom. The first-order chi connectivity index (χ1) is 9.26. The molecule has 0 spiro atoms. The monoisotopic (exact) mass is 306 g/mol. The van der Waals surface area contributed by atoms with E-state index in [0.29, 0.717) is 0 Å². The second-order valence-corrected chi connectivity index (χ2v) is 5.94. The number of aromatic nitrogens is 2. The van der Waals surface area contributed by atoms with Crippen LogP contribution in [0.25, 0.3) is 0 Å². The van der Waals surface area contributed by atoms with Crippen molar-refractivity contribution in [1.82, 2.24) is 9.55 Å². The van der Waals surface area contributed by atoms with Gasteiger partial charge in [0, 0.05) is 18.7 Å². The van der Waals surface area contributed by atoms with Gasteiger partial charge in [0.1, 0.15) is 12.3 Å². The summed E-state index contributed by atoms with van der Waals surface area (Å²) in [4.78, 5) is 24.6. The molecule has 2 rings (SSSR count). The van der Waals surface area contributed by atoms with Gasteiger partial charge >= 0.3 is 13.4 Å². The Balaban J connectivity index is 2.08. The van der Waals surface area contributed by atoms with Crippen LogP contribution in [0, 0.1) is 0 Å². The fraction of sp³-hybridized carbons (Fsp3) is 0.556. The maximum atomic E-state index is 11.6. The van der Waals surface area contributed by atoms with Crippen LogP contribution in [0.3, 0.4) is 0 Å². The highest BCUT2D eigenvalue weighted by molar-refractivity contribution is 7.53. The summed E-state index contributed by atoms with van der Waals surface area (Å²) in [7, 11) is -3.66. The Labute approximate surface area is 112 Å². The molecular weight excluding hydrogens is 291 g/mol. The van der Waals surface area contributed by atoms with Gasteiger partial charge in [0.2, 0.25) is 0 Å². The van der Waals surface area contributed by atoms with Gasteiger partial charge in [-0.2, -0.15) is 0 Å². The maximum Gasteiger partial charge on any atom is 0.335 e. The van der Waals surface area contributed by atoms with Crippen molar-refractivity contribution in [3.8, 4) is 0 Å². The van der Waals surface area contributed by atoms with Crippen molar-refractivity contribution in [1.29, 1.82) is 0 Å². The Hall–Kier alpha value is -1.29. The van der Waals surface area contributed by atoms with Crippen LogP contribution in [-0.2, 0) is 13.8 Å². The van der Waals surface area contributed by atoms with Gasteiger partial charge in [0.05, 0.1) is 12.7 Å². The van der Waals surface area contributed by atoms with E-state index in [2.05, 4.69) is 4.98 Å². The Morgan fingerprint density at radius 3 is 2.85 bits per heavy atom. The van der Waals surface area contributed by atoms with Crippen molar-refractivity contribution < 1.29 is 18.9 Å². The van der Waals surface area contributed by atoms with E-state index in [9.17, 15) is 19.3 Å². The number of nitrogens with two attached hydrogens (primary N) is 2. The molecule has 0 saturated carbocycles. The van der Waals surface area contributed by atoms with Crippen LogP contribution >= 0.6 is 7.67 Å². The highest BCUT2D eigenvalue weighted by atomic mass is 31.2. The number of nitrogens with zero attached hydrogens (tertiary/aromatic N) is 1. The molecular formula is C9H15N4O6P. The smallest absolute Gasteiger partial charge is 0.335 e. The van der Waals surface area contributed by atoms with Crippen LogP contribution in [0.2, 0.25) is 0 Å². The Morgan fingerprint density at radius 2 is 2.25 bits per heavy atom. The fourth-order valence-corrected chi connectivity index (χ4v) is 2.26. The second-order valence-electron chi connectivity index (χ2n) is 4.39. The molecule has 6 N–H and O–H groups in total. The van der Waals surface area contributed by atoms with Gasteiger partial charge in [-0.05, 0) is 0 Å². The highest BCUT2D eigenvalue weighted by Gasteiger charge is 2.36. The lowest BCUT2D eigenvalue weighted by Crippen LogP contribution is -2.32. The van der Waals surface area contributed by atoms with Crippen LogP contribution in [-0.4, -0.2) is 33.5 Å². The van der Waals surface area contributed by atoms with Crippen LogP contribution in [0.5, 0.6) is 0 Å². The first-order valence-corrected chi connectivity index (χ1v) is 7.49. The summed E-state index contributed by atoms with van der Waals surface area (Å²) in [6, 6.07) is 1.16. The van der Waals surface area contributed by atoms with E-state index in [1.165, 1.54) is 6.20 Å². The molecule has 20 heavy (non-hydrogen) atoms. The van der Waals surface area contributed by atoms with Gasteiger partial charge in [0.15, 0.2) is 0 Å². The first kappa shape index (κ1) is 15.1. The minimum Gasteiger partial charge on any atom is -0.390 e. The highest BCUT2D eigenvalue weighted by Crippen LogP contribution is 2.32. The van der Waals surface area contributed by atoms with E-state index in [-0.39, 0.29) is 13.0 Å². The zero-order valence-corrected chi connectivity index (χ0v) is 11.2. The summed E-state index contributed by atoms with van der Waals surface area (Å²) in [5.41, 5.74) is 8.87.